The molecule has 0 bridgehead atoms. The Balaban J connectivity index is 1.63. The minimum absolute atomic E-state index is 0.148. The highest BCUT2D eigenvalue weighted by Crippen LogP contribution is 2.33. The Labute approximate surface area is 172 Å². The van der Waals surface area contributed by atoms with Crippen molar-refractivity contribution in [3.05, 3.63) is 95.6 Å². The molecule has 1 atom stereocenters. The van der Waals surface area contributed by atoms with E-state index in [1.807, 2.05) is 6.07 Å². The van der Waals surface area contributed by atoms with E-state index in [4.69, 9.17) is 0 Å². The Morgan fingerprint density at radius 1 is 0.828 bits per heavy atom. The highest BCUT2D eigenvalue weighted by Gasteiger charge is 2.30. The third-order valence-corrected chi connectivity index (χ3v) is 5.97. The Bertz CT molecular complexity index is 940. The Hall–Kier alpha value is -2.91. The standard InChI is InChI=1S/C26H27NO2/c1-19-7-9-22(10-8-19)25(27-17-15-24(16-18-27)26(28)29)23-13-11-21(12-14-23)20-5-3-2-4-6-20/h2-14,24-25H,15-18H2,1H3,(H,28,29). The molecule has 0 saturated carbocycles. The second-order valence-corrected chi connectivity index (χ2v) is 7.95. The van der Waals surface area contributed by atoms with Crippen LogP contribution in [0.5, 0.6) is 0 Å². The SMILES string of the molecule is Cc1ccc(C(c2ccc(-c3ccccc3)cc2)N2CCC(C(=O)O)CC2)cc1. The van der Waals surface area contributed by atoms with Crippen molar-refractivity contribution >= 4 is 5.97 Å². The molecule has 1 unspecified atom stereocenters. The number of carboxylic acid groups (broad SMARTS) is 1. The van der Waals surface area contributed by atoms with Crippen molar-refractivity contribution in [2.45, 2.75) is 25.8 Å². The van der Waals surface area contributed by atoms with Crippen molar-refractivity contribution in [3.63, 3.8) is 0 Å². The first kappa shape index (κ1) is 19.4. The number of rotatable bonds is 5. The van der Waals surface area contributed by atoms with E-state index in [1.165, 1.54) is 27.8 Å². The molecular weight excluding hydrogens is 358 g/mol. The van der Waals surface area contributed by atoms with Gasteiger partial charge in [-0.1, -0.05) is 84.4 Å². The topological polar surface area (TPSA) is 40.5 Å². The molecular formula is C26H27NO2. The lowest BCUT2D eigenvalue weighted by atomic mass is 9.90. The van der Waals surface area contributed by atoms with Gasteiger partial charge in [0, 0.05) is 0 Å². The van der Waals surface area contributed by atoms with Crippen LogP contribution >= 0.6 is 0 Å². The molecule has 3 aromatic carbocycles. The summed E-state index contributed by atoms with van der Waals surface area (Å²) in [6.07, 6.45) is 1.42. The molecule has 1 heterocycles. The van der Waals surface area contributed by atoms with Gasteiger partial charge < -0.3 is 5.11 Å². The number of hydrogen-bond acceptors (Lipinski definition) is 2. The van der Waals surface area contributed by atoms with Crippen molar-refractivity contribution in [2.75, 3.05) is 13.1 Å². The second-order valence-electron chi connectivity index (χ2n) is 7.95. The maximum Gasteiger partial charge on any atom is 0.306 e. The van der Waals surface area contributed by atoms with Crippen molar-refractivity contribution < 1.29 is 9.90 Å². The van der Waals surface area contributed by atoms with Crippen LogP contribution in [-0.2, 0) is 4.79 Å². The number of carbonyl (C=O) groups is 1. The monoisotopic (exact) mass is 385 g/mol. The van der Waals surface area contributed by atoms with Gasteiger partial charge in [0.15, 0.2) is 0 Å². The summed E-state index contributed by atoms with van der Waals surface area (Å²) in [4.78, 5) is 13.8. The van der Waals surface area contributed by atoms with Gasteiger partial charge in [0.2, 0.25) is 0 Å². The van der Waals surface area contributed by atoms with Crippen molar-refractivity contribution in [1.29, 1.82) is 0 Å². The number of likely N-dealkylation sites (tertiary alicyclic amines) is 1. The minimum Gasteiger partial charge on any atom is -0.481 e. The van der Waals surface area contributed by atoms with Crippen LogP contribution in [-0.4, -0.2) is 29.1 Å². The first-order valence-corrected chi connectivity index (χ1v) is 10.3. The molecule has 0 amide bonds. The smallest absolute Gasteiger partial charge is 0.306 e. The van der Waals surface area contributed by atoms with Gasteiger partial charge in [-0.2, -0.15) is 0 Å². The van der Waals surface area contributed by atoms with Gasteiger partial charge in [-0.3, -0.25) is 9.69 Å². The van der Waals surface area contributed by atoms with E-state index in [1.54, 1.807) is 0 Å². The maximum atomic E-state index is 11.4. The van der Waals surface area contributed by atoms with Crippen LogP contribution in [0.15, 0.2) is 78.9 Å². The third-order valence-electron chi connectivity index (χ3n) is 5.97. The summed E-state index contributed by atoms with van der Waals surface area (Å²) in [5.41, 5.74) is 6.19. The summed E-state index contributed by atoms with van der Waals surface area (Å²) in [7, 11) is 0. The summed E-state index contributed by atoms with van der Waals surface area (Å²) in [5.74, 6) is -0.880. The molecule has 0 aromatic heterocycles. The number of piperidine rings is 1. The van der Waals surface area contributed by atoms with Gasteiger partial charge in [-0.25, -0.2) is 0 Å². The van der Waals surface area contributed by atoms with E-state index in [2.05, 4.69) is 84.6 Å². The highest BCUT2D eigenvalue weighted by molar-refractivity contribution is 5.70. The maximum absolute atomic E-state index is 11.4. The number of benzene rings is 3. The number of hydrogen-bond donors (Lipinski definition) is 1. The molecule has 0 aliphatic carbocycles. The molecule has 1 saturated heterocycles. The lowest BCUT2D eigenvalue weighted by Gasteiger charge is -2.37. The fraction of sp³-hybridized carbons (Fsp3) is 0.269. The first-order chi connectivity index (χ1) is 14.1. The van der Waals surface area contributed by atoms with Gasteiger partial charge in [-0.15, -0.1) is 0 Å². The number of aliphatic carboxylic acids is 1. The number of nitrogens with zero attached hydrogens (tertiary/aromatic N) is 1. The second kappa shape index (κ2) is 8.62. The van der Waals surface area contributed by atoms with Crippen LogP contribution in [0.4, 0.5) is 0 Å². The van der Waals surface area contributed by atoms with Crippen LogP contribution in [0.1, 0.15) is 35.6 Å². The van der Waals surface area contributed by atoms with Gasteiger partial charge in [0.05, 0.1) is 12.0 Å². The minimum atomic E-state index is -0.663. The van der Waals surface area contributed by atoms with Gasteiger partial charge in [0.1, 0.15) is 0 Å². The summed E-state index contributed by atoms with van der Waals surface area (Å²) < 4.78 is 0. The summed E-state index contributed by atoms with van der Waals surface area (Å²) in [6.45, 7) is 3.71. The molecule has 3 heteroatoms. The third kappa shape index (κ3) is 4.41. The highest BCUT2D eigenvalue weighted by atomic mass is 16.4. The predicted octanol–water partition coefficient (Wildman–Crippen LogP) is 5.55. The van der Waals surface area contributed by atoms with Crippen molar-refractivity contribution in [3.8, 4) is 11.1 Å². The molecule has 3 nitrogen and oxygen atoms in total. The lowest BCUT2D eigenvalue weighted by Crippen LogP contribution is -2.39. The van der Waals surface area contributed by atoms with E-state index in [9.17, 15) is 9.90 Å². The zero-order valence-corrected chi connectivity index (χ0v) is 16.8. The molecule has 29 heavy (non-hydrogen) atoms. The van der Waals surface area contributed by atoms with Crippen LogP contribution in [0.2, 0.25) is 0 Å². The van der Waals surface area contributed by atoms with E-state index in [0.717, 1.165) is 13.1 Å². The van der Waals surface area contributed by atoms with E-state index >= 15 is 0 Å². The van der Waals surface area contributed by atoms with E-state index in [0.29, 0.717) is 12.8 Å². The average molecular weight is 386 g/mol. The Morgan fingerprint density at radius 3 is 1.90 bits per heavy atom. The Morgan fingerprint density at radius 2 is 1.34 bits per heavy atom. The van der Waals surface area contributed by atoms with Crippen molar-refractivity contribution in [1.82, 2.24) is 4.90 Å². The Kier molecular flexibility index (Phi) is 5.77. The van der Waals surface area contributed by atoms with Gasteiger partial charge >= 0.3 is 5.97 Å². The fourth-order valence-corrected chi connectivity index (χ4v) is 4.26. The largest absolute Gasteiger partial charge is 0.481 e. The van der Waals surface area contributed by atoms with Gasteiger partial charge in [0.25, 0.3) is 0 Å². The molecule has 4 rings (SSSR count). The molecule has 148 valence electrons. The lowest BCUT2D eigenvalue weighted by molar-refractivity contribution is -0.143. The molecule has 3 aromatic rings. The molecule has 1 aliphatic rings. The predicted molar refractivity (Wildman–Crippen MR) is 117 cm³/mol. The molecule has 1 fully saturated rings. The fourth-order valence-electron chi connectivity index (χ4n) is 4.26. The zero-order chi connectivity index (χ0) is 20.2. The summed E-state index contributed by atoms with van der Waals surface area (Å²) >= 11 is 0. The molecule has 1 N–H and O–H groups in total. The normalized spacial score (nSPS) is 16.4. The zero-order valence-electron chi connectivity index (χ0n) is 16.8. The van der Waals surface area contributed by atoms with Crippen LogP contribution in [0.3, 0.4) is 0 Å². The van der Waals surface area contributed by atoms with Crippen LogP contribution < -0.4 is 0 Å². The van der Waals surface area contributed by atoms with Crippen LogP contribution in [0.25, 0.3) is 11.1 Å². The summed E-state index contributed by atoms with van der Waals surface area (Å²) in [6, 6.07) is 28.1. The average Bonchev–Trinajstić information content (AvgIpc) is 2.77. The molecule has 0 spiro atoms. The molecule has 0 radical (unpaired) electrons. The van der Waals surface area contributed by atoms with E-state index in [-0.39, 0.29) is 12.0 Å². The first-order valence-electron chi connectivity index (χ1n) is 10.3. The number of aryl methyl sites for hydroxylation is 1. The van der Waals surface area contributed by atoms with Crippen LogP contribution in [0, 0.1) is 12.8 Å². The summed E-state index contributed by atoms with van der Waals surface area (Å²) in [5, 5.41) is 9.35. The van der Waals surface area contributed by atoms with E-state index < -0.39 is 5.97 Å². The quantitative estimate of drug-likeness (QED) is 0.626. The van der Waals surface area contributed by atoms with Gasteiger partial charge in [-0.05, 0) is 55.1 Å². The number of carboxylic acids is 1. The van der Waals surface area contributed by atoms with Crippen molar-refractivity contribution in [2.24, 2.45) is 5.92 Å². The molecule has 1 aliphatic heterocycles.